The first-order valence-electron chi connectivity index (χ1n) is 11.2. The largest absolute Gasteiger partial charge is 0.494 e. The highest BCUT2D eigenvalue weighted by molar-refractivity contribution is 6.00. The molecule has 0 aromatic heterocycles. The predicted octanol–water partition coefficient (Wildman–Crippen LogP) is 5.67. The zero-order chi connectivity index (χ0) is 21.6. The summed E-state index contributed by atoms with van der Waals surface area (Å²) in [5.74, 6) is 1.24. The second-order valence-electron chi connectivity index (χ2n) is 8.65. The lowest BCUT2D eigenvalue weighted by molar-refractivity contribution is 0.0901. The maximum atomic E-state index is 13.1. The molecule has 1 unspecified atom stereocenters. The molecule has 3 aromatic rings. The number of ether oxygens (including phenoxy) is 1. The molecule has 3 nitrogen and oxygen atoms in total. The second kappa shape index (κ2) is 9.93. The first kappa shape index (κ1) is 21.3. The summed E-state index contributed by atoms with van der Waals surface area (Å²) in [5.41, 5.74) is 5.71. The van der Waals surface area contributed by atoms with Crippen molar-refractivity contribution in [2.75, 3.05) is 27.2 Å². The van der Waals surface area contributed by atoms with Crippen LogP contribution in [0, 0.1) is 5.92 Å². The second-order valence-corrected chi connectivity index (χ2v) is 8.65. The number of hydrogen-bond donors (Lipinski definition) is 0. The number of carbonyl (C=O) groups is 1. The minimum Gasteiger partial charge on any atom is -0.494 e. The van der Waals surface area contributed by atoms with Crippen LogP contribution in [0.15, 0.2) is 72.8 Å². The molecule has 0 saturated carbocycles. The number of hydrogen-bond acceptors (Lipinski definition) is 3. The van der Waals surface area contributed by atoms with Crippen LogP contribution in [0.4, 0.5) is 0 Å². The average molecular weight is 414 g/mol. The van der Waals surface area contributed by atoms with E-state index in [2.05, 4.69) is 61.5 Å². The van der Waals surface area contributed by atoms with E-state index in [1.165, 1.54) is 22.3 Å². The molecule has 0 spiro atoms. The molecule has 0 amide bonds. The molecule has 0 saturated heterocycles. The first-order valence-corrected chi connectivity index (χ1v) is 11.2. The highest BCUT2D eigenvalue weighted by Crippen LogP contribution is 2.32. The lowest BCUT2D eigenvalue weighted by Gasteiger charge is -2.24. The van der Waals surface area contributed by atoms with Crippen LogP contribution in [0.1, 0.15) is 34.3 Å². The molecule has 1 atom stereocenters. The number of fused-ring (bicyclic) bond motifs is 1. The molecule has 4 rings (SSSR count). The molecule has 0 radical (unpaired) electrons. The van der Waals surface area contributed by atoms with Crippen molar-refractivity contribution in [3.8, 4) is 16.9 Å². The monoisotopic (exact) mass is 413 g/mol. The van der Waals surface area contributed by atoms with E-state index in [0.29, 0.717) is 0 Å². The lowest BCUT2D eigenvalue weighted by atomic mass is 9.79. The number of ketones is 1. The van der Waals surface area contributed by atoms with Gasteiger partial charge < -0.3 is 9.64 Å². The topological polar surface area (TPSA) is 29.5 Å². The first-order chi connectivity index (χ1) is 15.1. The molecule has 3 aromatic carbocycles. The average Bonchev–Trinajstić information content (AvgIpc) is 2.79. The minimum absolute atomic E-state index is 0.0513. The Balaban J connectivity index is 1.46. The van der Waals surface area contributed by atoms with Gasteiger partial charge in [0.2, 0.25) is 0 Å². The van der Waals surface area contributed by atoms with Gasteiger partial charge in [-0.3, -0.25) is 4.79 Å². The normalized spacial score (nSPS) is 15.7. The van der Waals surface area contributed by atoms with Crippen molar-refractivity contribution in [2.24, 2.45) is 5.92 Å². The van der Waals surface area contributed by atoms with Gasteiger partial charge in [-0.1, -0.05) is 60.7 Å². The van der Waals surface area contributed by atoms with Crippen LogP contribution in [-0.4, -0.2) is 37.9 Å². The molecule has 1 aliphatic rings. The van der Waals surface area contributed by atoms with Crippen molar-refractivity contribution in [1.82, 2.24) is 4.90 Å². The van der Waals surface area contributed by atoms with Gasteiger partial charge in [-0.2, -0.15) is 0 Å². The summed E-state index contributed by atoms with van der Waals surface area (Å²) in [6, 6.07) is 24.9. The Labute approximate surface area is 185 Å². The summed E-state index contributed by atoms with van der Waals surface area (Å²) in [7, 11) is 4.15. The zero-order valence-electron chi connectivity index (χ0n) is 18.5. The third-order valence-electron chi connectivity index (χ3n) is 6.08. The summed E-state index contributed by atoms with van der Waals surface area (Å²) in [4.78, 5) is 15.2. The van der Waals surface area contributed by atoms with E-state index in [4.69, 9.17) is 4.74 Å². The zero-order valence-corrected chi connectivity index (χ0v) is 18.5. The van der Waals surface area contributed by atoms with Gasteiger partial charge in [0.25, 0.3) is 0 Å². The molecule has 160 valence electrons. The molecular formula is C28H31NO2. The molecule has 3 heteroatoms. The summed E-state index contributed by atoms with van der Waals surface area (Å²) in [6.45, 7) is 1.75. The fraction of sp³-hybridized carbons (Fsp3) is 0.321. The fourth-order valence-corrected chi connectivity index (χ4v) is 4.40. The number of nitrogens with zero attached hydrogens (tertiary/aromatic N) is 1. The van der Waals surface area contributed by atoms with E-state index in [1.807, 2.05) is 30.3 Å². The van der Waals surface area contributed by atoms with E-state index >= 15 is 0 Å². The van der Waals surface area contributed by atoms with Crippen molar-refractivity contribution in [3.63, 3.8) is 0 Å². The standard InChI is InChI=1S/C28H31NO2/c1-29(2)18-7-19-31-25-16-14-22(15-17-25)26-10-5-4-9-23(26)20-24-13-12-21-8-3-6-11-27(21)28(24)30/h3-6,8-11,14-17,24H,7,12-13,18-20H2,1-2H3. The van der Waals surface area contributed by atoms with Crippen LogP contribution < -0.4 is 4.74 Å². The molecule has 0 N–H and O–H groups in total. The van der Waals surface area contributed by atoms with Crippen molar-refractivity contribution in [2.45, 2.75) is 25.7 Å². The van der Waals surface area contributed by atoms with Crippen molar-refractivity contribution in [1.29, 1.82) is 0 Å². The van der Waals surface area contributed by atoms with E-state index in [0.717, 1.165) is 50.1 Å². The number of benzene rings is 3. The van der Waals surface area contributed by atoms with Crippen LogP contribution in [0.2, 0.25) is 0 Å². The lowest BCUT2D eigenvalue weighted by Crippen LogP contribution is -2.24. The number of aryl methyl sites for hydroxylation is 1. The summed E-state index contributed by atoms with van der Waals surface area (Å²) < 4.78 is 5.88. The van der Waals surface area contributed by atoms with Crippen LogP contribution in [0.3, 0.4) is 0 Å². The fourth-order valence-electron chi connectivity index (χ4n) is 4.40. The van der Waals surface area contributed by atoms with Crippen molar-refractivity contribution < 1.29 is 9.53 Å². The van der Waals surface area contributed by atoms with E-state index in [9.17, 15) is 4.79 Å². The highest BCUT2D eigenvalue weighted by atomic mass is 16.5. The smallest absolute Gasteiger partial charge is 0.166 e. The van der Waals surface area contributed by atoms with Gasteiger partial charge in [0, 0.05) is 18.0 Å². The Morgan fingerprint density at radius 2 is 1.61 bits per heavy atom. The summed E-state index contributed by atoms with van der Waals surface area (Å²) in [6.07, 6.45) is 3.70. The van der Waals surface area contributed by atoms with Gasteiger partial charge in [-0.15, -0.1) is 0 Å². The van der Waals surface area contributed by atoms with Crippen LogP contribution in [-0.2, 0) is 12.8 Å². The van der Waals surface area contributed by atoms with Crippen molar-refractivity contribution >= 4 is 5.78 Å². The van der Waals surface area contributed by atoms with E-state index < -0.39 is 0 Å². The Bertz CT molecular complexity index is 1020. The van der Waals surface area contributed by atoms with Gasteiger partial charge >= 0.3 is 0 Å². The van der Waals surface area contributed by atoms with Crippen LogP contribution in [0.5, 0.6) is 5.75 Å². The van der Waals surface area contributed by atoms with Gasteiger partial charge in [0.05, 0.1) is 6.61 Å². The van der Waals surface area contributed by atoms with E-state index in [1.54, 1.807) is 0 Å². The van der Waals surface area contributed by atoms with Crippen LogP contribution in [0.25, 0.3) is 11.1 Å². The van der Waals surface area contributed by atoms with Crippen LogP contribution >= 0.6 is 0 Å². The Morgan fingerprint density at radius 1 is 0.903 bits per heavy atom. The van der Waals surface area contributed by atoms with Gasteiger partial charge in [0.15, 0.2) is 5.78 Å². The summed E-state index contributed by atoms with van der Waals surface area (Å²) >= 11 is 0. The third-order valence-corrected chi connectivity index (χ3v) is 6.08. The molecule has 0 aliphatic heterocycles. The molecule has 0 fully saturated rings. The Kier molecular flexibility index (Phi) is 6.83. The quantitative estimate of drug-likeness (QED) is 0.446. The third kappa shape index (κ3) is 5.23. The molecule has 1 aliphatic carbocycles. The Morgan fingerprint density at radius 3 is 2.39 bits per heavy atom. The molecule has 0 heterocycles. The SMILES string of the molecule is CN(C)CCCOc1ccc(-c2ccccc2CC2CCc3ccccc3C2=O)cc1. The number of carbonyl (C=O) groups excluding carboxylic acids is 1. The van der Waals surface area contributed by atoms with Crippen molar-refractivity contribution in [3.05, 3.63) is 89.5 Å². The maximum Gasteiger partial charge on any atom is 0.166 e. The maximum absolute atomic E-state index is 13.1. The van der Waals surface area contributed by atoms with Gasteiger partial charge in [-0.05, 0) is 74.2 Å². The molecule has 0 bridgehead atoms. The highest BCUT2D eigenvalue weighted by Gasteiger charge is 2.27. The minimum atomic E-state index is 0.0513. The van der Waals surface area contributed by atoms with Gasteiger partial charge in [-0.25, -0.2) is 0 Å². The van der Waals surface area contributed by atoms with Gasteiger partial charge in [0.1, 0.15) is 5.75 Å². The number of Topliss-reactive ketones (excluding diaryl/α,β-unsaturated/α-hetero) is 1. The number of rotatable bonds is 8. The summed E-state index contributed by atoms with van der Waals surface area (Å²) in [5, 5.41) is 0. The molecular weight excluding hydrogens is 382 g/mol. The Hall–Kier alpha value is -2.91. The predicted molar refractivity (Wildman–Crippen MR) is 127 cm³/mol. The van der Waals surface area contributed by atoms with E-state index in [-0.39, 0.29) is 11.7 Å². The molecule has 31 heavy (non-hydrogen) atoms.